The highest BCUT2D eigenvalue weighted by atomic mass is 16.5. The molecular weight excluding hydrogens is 250 g/mol. The van der Waals surface area contributed by atoms with Gasteiger partial charge in [-0.15, -0.1) is 0 Å². The van der Waals surface area contributed by atoms with Crippen molar-refractivity contribution in [2.75, 3.05) is 20.7 Å². The van der Waals surface area contributed by atoms with Gasteiger partial charge in [0.15, 0.2) is 0 Å². The Labute approximate surface area is 119 Å². The Morgan fingerprint density at radius 1 is 1.30 bits per heavy atom. The summed E-state index contributed by atoms with van der Waals surface area (Å²) in [4.78, 5) is 6.55. The third-order valence-electron chi connectivity index (χ3n) is 3.60. The van der Waals surface area contributed by atoms with Gasteiger partial charge in [0.1, 0.15) is 12.7 Å². The molecule has 0 spiro atoms. The number of rotatable bonds is 4. The van der Waals surface area contributed by atoms with Gasteiger partial charge < -0.3 is 9.64 Å². The predicted octanol–water partition coefficient (Wildman–Crippen LogP) is 2.83. The van der Waals surface area contributed by atoms with Gasteiger partial charge in [-0.05, 0) is 34.0 Å². The van der Waals surface area contributed by atoms with E-state index >= 15 is 0 Å². The maximum absolute atomic E-state index is 9.23. The van der Waals surface area contributed by atoms with Gasteiger partial charge in [-0.25, -0.2) is 4.98 Å². The first-order chi connectivity index (χ1) is 9.44. The summed E-state index contributed by atoms with van der Waals surface area (Å²) < 4.78 is 5.78. The van der Waals surface area contributed by atoms with Crippen LogP contribution in [0.2, 0.25) is 0 Å². The lowest BCUT2D eigenvalue weighted by molar-refractivity contribution is 0.111. The first-order valence-electron chi connectivity index (χ1n) is 6.54. The van der Waals surface area contributed by atoms with Gasteiger partial charge >= 0.3 is 0 Å². The molecule has 0 saturated carbocycles. The summed E-state index contributed by atoms with van der Waals surface area (Å²) in [5.74, 6) is 0.496. The molecule has 0 aliphatic carbocycles. The van der Waals surface area contributed by atoms with Crippen LogP contribution in [0.25, 0.3) is 10.9 Å². The van der Waals surface area contributed by atoms with Crippen LogP contribution < -0.4 is 4.74 Å². The number of pyridine rings is 1. The Balaban J connectivity index is 2.30. The number of fused-ring (bicyclic) bond motifs is 1. The summed E-state index contributed by atoms with van der Waals surface area (Å²) in [6.07, 6.45) is 0. The smallest absolute Gasteiger partial charge is 0.215 e. The molecule has 1 aromatic carbocycles. The van der Waals surface area contributed by atoms with Gasteiger partial charge in [0.25, 0.3) is 0 Å². The third kappa shape index (κ3) is 2.89. The molecule has 20 heavy (non-hydrogen) atoms. The molecule has 4 heteroatoms. The van der Waals surface area contributed by atoms with Crippen molar-refractivity contribution < 1.29 is 4.74 Å². The van der Waals surface area contributed by atoms with E-state index in [1.165, 1.54) is 0 Å². The van der Waals surface area contributed by atoms with Crippen LogP contribution in [0, 0.1) is 11.3 Å². The van der Waals surface area contributed by atoms with Crippen molar-refractivity contribution >= 4 is 10.9 Å². The molecule has 1 heterocycles. The van der Waals surface area contributed by atoms with Gasteiger partial charge in [-0.2, -0.15) is 5.26 Å². The number of nitrogens with zero attached hydrogens (tertiary/aromatic N) is 3. The minimum atomic E-state index is -0.0971. The Morgan fingerprint density at radius 2 is 2.00 bits per heavy atom. The zero-order valence-corrected chi connectivity index (χ0v) is 12.3. The van der Waals surface area contributed by atoms with Gasteiger partial charge in [-0.3, -0.25) is 0 Å². The number of hydrogen-bond donors (Lipinski definition) is 0. The van der Waals surface area contributed by atoms with Gasteiger partial charge in [-0.1, -0.05) is 18.2 Å². The molecule has 104 valence electrons. The summed E-state index contributed by atoms with van der Waals surface area (Å²) in [7, 11) is 4.02. The maximum atomic E-state index is 9.23. The zero-order valence-electron chi connectivity index (χ0n) is 12.3. The summed E-state index contributed by atoms with van der Waals surface area (Å²) in [6.45, 7) is 4.70. The number of likely N-dealkylation sites (N-methyl/N-ethyl adjacent to an activating group) is 1. The molecule has 0 fully saturated rings. The Kier molecular flexibility index (Phi) is 3.91. The van der Waals surface area contributed by atoms with E-state index in [0.717, 1.165) is 10.9 Å². The van der Waals surface area contributed by atoms with E-state index in [4.69, 9.17) is 4.74 Å². The van der Waals surface area contributed by atoms with Crippen molar-refractivity contribution in [3.8, 4) is 11.9 Å². The maximum Gasteiger partial charge on any atom is 0.215 e. The second-order valence-corrected chi connectivity index (χ2v) is 5.63. The summed E-state index contributed by atoms with van der Waals surface area (Å²) in [6, 6.07) is 11.5. The van der Waals surface area contributed by atoms with Crippen molar-refractivity contribution in [3.63, 3.8) is 0 Å². The minimum Gasteiger partial charge on any atom is -0.476 e. The van der Waals surface area contributed by atoms with E-state index in [0.29, 0.717) is 18.1 Å². The second kappa shape index (κ2) is 5.48. The lowest BCUT2D eigenvalue weighted by Crippen LogP contribution is -2.43. The largest absolute Gasteiger partial charge is 0.476 e. The Hall–Kier alpha value is -2.12. The first kappa shape index (κ1) is 14.3. The SMILES string of the molecule is CN(C)C(C)(C)COc1cc(C#N)c2ccccc2n1. The normalized spacial score (nSPS) is 11.6. The van der Waals surface area contributed by atoms with E-state index in [9.17, 15) is 5.26 Å². The molecule has 0 unspecified atom stereocenters. The van der Waals surface area contributed by atoms with Crippen LogP contribution in [0.15, 0.2) is 30.3 Å². The third-order valence-corrected chi connectivity index (χ3v) is 3.60. The molecule has 1 aromatic heterocycles. The molecule has 4 nitrogen and oxygen atoms in total. The van der Waals surface area contributed by atoms with Crippen molar-refractivity contribution in [3.05, 3.63) is 35.9 Å². The Morgan fingerprint density at radius 3 is 2.65 bits per heavy atom. The van der Waals surface area contributed by atoms with Crippen molar-refractivity contribution in [2.24, 2.45) is 0 Å². The second-order valence-electron chi connectivity index (χ2n) is 5.63. The molecule has 0 amide bonds. The average Bonchev–Trinajstić information content (AvgIpc) is 2.44. The number of para-hydroxylation sites is 1. The molecule has 0 radical (unpaired) electrons. The van der Waals surface area contributed by atoms with Crippen LogP contribution in [-0.4, -0.2) is 36.1 Å². The molecule has 0 aliphatic heterocycles. The fraction of sp³-hybridized carbons (Fsp3) is 0.375. The van der Waals surface area contributed by atoms with E-state index < -0.39 is 0 Å². The lowest BCUT2D eigenvalue weighted by atomic mass is 10.1. The van der Waals surface area contributed by atoms with Crippen molar-refractivity contribution in [1.29, 1.82) is 5.26 Å². The summed E-state index contributed by atoms with van der Waals surface area (Å²) in [5.41, 5.74) is 1.28. The van der Waals surface area contributed by atoms with Crippen LogP contribution in [-0.2, 0) is 0 Å². The monoisotopic (exact) mass is 269 g/mol. The number of aromatic nitrogens is 1. The van der Waals surface area contributed by atoms with Crippen LogP contribution in [0.4, 0.5) is 0 Å². The predicted molar refractivity (Wildman–Crippen MR) is 79.7 cm³/mol. The fourth-order valence-electron chi connectivity index (χ4n) is 1.70. The topological polar surface area (TPSA) is 49.1 Å². The first-order valence-corrected chi connectivity index (χ1v) is 6.54. The molecular formula is C16H19N3O. The van der Waals surface area contributed by atoms with E-state index in [1.54, 1.807) is 6.07 Å². The molecule has 0 atom stereocenters. The molecule has 0 bridgehead atoms. The summed E-state index contributed by atoms with van der Waals surface area (Å²) in [5, 5.41) is 10.1. The van der Waals surface area contributed by atoms with E-state index in [1.807, 2.05) is 38.4 Å². The fourth-order valence-corrected chi connectivity index (χ4v) is 1.70. The quantitative estimate of drug-likeness (QED) is 0.856. The number of benzene rings is 1. The zero-order chi connectivity index (χ0) is 14.8. The van der Waals surface area contributed by atoms with Gasteiger partial charge in [0.2, 0.25) is 5.88 Å². The average molecular weight is 269 g/mol. The summed E-state index contributed by atoms with van der Waals surface area (Å²) >= 11 is 0. The van der Waals surface area contributed by atoms with Crippen LogP contribution in [0.3, 0.4) is 0 Å². The Bertz CT molecular complexity index is 656. The highest BCUT2D eigenvalue weighted by molar-refractivity contribution is 5.85. The van der Waals surface area contributed by atoms with Crippen molar-refractivity contribution in [1.82, 2.24) is 9.88 Å². The van der Waals surface area contributed by atoms with Crippen LogP contribution in [0.5, 0.6) is 5.88 Å². The van der Waals surface area contributed by atoms with Crippen molar-refractivity contribution in [2.45, 2.75) is 19.4 Å². The van der Waals surface area contributed by atoms with E-state index in [2.05, 4.69) is 29.8 Å². The molecule has 2 aromatic rings. The van der Waals surface area contributed by atoms with Crippen LogP contribution in [0.1, 0.15) is 19.4 Å². The molecule has 0 N–H and O–H groups in total. The molecule has 0 saturated heterocycles. The standard InChI is InChI=1S/C16H19N3O/c1-16(2,19(3)4)11-20-15-9-12(10-17)13-7-5-6-8-14(13)18-15/h5-9H,11H2,1-4H3. The van der Waals surface area contributed by atoms with E-state index in [-0.39, 0.29) is 5.54 Å². The van der Waals surface area contributed by atoms with Crippen LogP contribution >= 0.6 is 0 Å². The number of ether oxygens (including phenoxy) is 1. The van der Waals surface area contributed by atoms with Gasteiger partial charge in [0, 0.05) is 17.0 Å². The molecule has 0 aliphatic rings. The minimum absolute atomic E-state index is 0.0971. The lowest BCUT2D eigenvalue weighted by Gasteiger charge is -2.31. The highest BCUT2D eigenvalue weighted by Gasteiger charge is 2.21. The number of hydrogen-bond acceptors (Lipinski definition) is 4. The molecule has 2 rings (SSSR count). The highest BCUT2D eigenvalue weighted by Crippen LogP contribution is 2.22. The van der Waals surface area contributed by atoms with Gasteiger partial charge in [0.05, 0.1) is 11.1 Å². The number of nitriles is 1.